The minimum absolute atomic E-state index is 0.166. The van der Waals surface area contributed by atoms with E-state index < -0.39 is 23.8 Å². The van der Waals surface area contributed by atoms with Crippen LogP contribution in [0, 0.1) is 5.82 Å². The number of anilines is 1. The predicted molar refractivity (Wildman–Crippen MR) is 121 cm³/mol. The van der Waals surface area contributed by atoms with Crippen molar-refractivity contribution in [1.82, 2.24) is 0 Å². The Morgan fingerprint density at radius 1 is 1.16 bits per heavy atom. The smallest absolute Gasteiger partial charge is 0.341 e. The third kappa shape index (κ3) is 5.55. The van der Waals surface area contributed by atoms with Crippen molar-refractivity contribution >= 4 is 51.4 Å². The molecule has 162 valence electrons. The van der Waals surface area contributed by atoms with Crippen molar-refractivity contribution < 1.29 is 23.5 Å². The van der Waals surface area contributed by atoms with Gasteiger partial charge in [0.2, 0.25) is 0 Å². The second kappa shape index (κ2) is 10.1. The molecule has 1 atom stereocenters. The molecule has 1 unspecified atom stereocenters. The van der Waals surface area contributed by atoms with Gasteiger partial charge in [-0.15, -0.1) is 11.3 Å². The first-order valence-corrected chi connectivity index (χ1v) is 10.9. The van der Waals surface area contributed by atoms with Crippen molar-refractivity contribution in [3.8, 4) is 16.9 Å². The van der Waals surface area contributed by atoms with Crippen molar-refractivity contribution in [3.05, 3.63) is 69.3 Å². The predicted octanol–water partition coefficient (Wildman–Crippen LogP) is 6.44. The summed E-state index contributed by atoms with van der Waals surface area (Å²) in [6.07, 6.45) is -0.912. The molecule has 1 heterocycles. The van der Waals surface area contributed by atoms with Gasteiger partial charge in [0.25, 0.3) is 5.91 Å². The SMILES string of the molecule is CCOC(=O)c1c(-c2ccc(F)cc2)csc1NC(=O)C(C)Oc1ccc(Cl)cc1Cl. The molecule has 0 aliphatic carbocycles. The number of rotatable bonds is 7. The van der Waals surface area contributed by atoms with E-state index in [1.165, 1.54) is 18.2 Å². The molecular formula is C22H18Cl2FNO4S. The summed E-state index contributed by atoms with van der Waals surface area (Å²) >= 11 is 13.1. The van der Waals surface area contributed by atoms with E-state index in [1.54, 1.807) is 43.5 Å². The van der Waals surface area contributed by atoms with Crippen molar-refractivity contribution in [2.24, 2.45) is 0 Å². The second-order valence-corrected chi connectivity index (χ2v) is 8.13. The molecule has 9 heteroatoms. The monoisotopic (exact) mass is 481 g/mol. The van der Waals surface area contributed by atoms with Crippen molar-refractivity contribution in [2.75, 3.05) is 11.9 Å². The van der Waals surface area contributed by atoms with Crippen molar-refractivity contribution in [1.29, 1.82) is 0 Å². The molecule has 2 aromatic carbocycles. The number of carbonyl (C=O) groups excluding carboxylic acids is 2. The number of thiophene rings is 1. The molecule has 0 spiro atoms. The zero-order chi connectivity index (χ0) is 22.5. The van der Waals surface area contributed by atoms with Gasteiger partial charge in [0, 0.05) is 16.0 Å². The van der Waals surface area contributed by atoms with Gasteiger partial charge in [-0.3, -0.25) is 4.79 Å². The number of halogens is 3. The first kappa shape index (κ1) is 23.1. The molecule has 1 N–H and O–H groups in total. The summed E-state index contributed by atoms with van der Waals surface area (Å²) in [5.74, 6) is -1.16. The van der Waals surface area contributed by atoms with E-state index >= 15 is 0 Å². The van der Waals surface area contributed by atoms with Crippen LogP contribution in [0.2, 0.25) is 10.0 Å². The van der Waals surface area contributed by atoms with Gasteiger partial charge in [-0.2, -0.15) is 0 Å². The normalized spacial score (nSPS) is 11.6. The average molecular weight is 482 g/mol. The number of benzene rings is 2. The van der Waals surface area contributed by atoms with Crippen LogP contribution in [0.3, 0.4) is 0 Å². The highest BCUT2D eigenvalue weighted by Gasteiger charge is 2.25. The number of ether oxygens (including phenoxy) is 2. The van der Waals surface area contributed by atoms with Gasteiger partial charge in [-0.1, -0.05) is 35.3 Å². The summed E-state index contributed by atoms with van der Waals surface area (Å²) in [7, 11) is 0. The van der Waals surface area contributed by atoms with E-state index in [2.05, 4.69) is 5.32 Å². The quantitative estimate of drug-likeness (QED) is 0.394. The Labute approximate surface area is 192 Å². The lowest BCUT2D eigenvalue weighted by Crippen LogP contribution is -2.30. The highest BCUT2D eigenvalue weighted by Crippen LogP contribution is 2.36. The molecule has 0 saturated carbocycles. The molecule has 31 heavy (non-hydrogen) atoms. The highest BCUT2D eigenvalue weighted by atomic mass is 35.5. The summed E-state index contributed by atoms with van der Waals surface area (Å²) in [4.78, 5) is 25.3. The van der Waals surface area contributed by atoms with Crippen molar-refractivity contribution in [2.45, 2.75) is 20.0 Å². The molecule has 0 aliphatic heterocycles. The van der Waals surface area contributed by atoms with Crippen LogP contribution >= 0.6 is 34.5 Å². The van der Waals surface area contributed by atoms with Crippen LogP contribution in [0.5, 0.6) is 5.75 Å². The van der Waals surface area contributed by atoms with Crippen LogP contribution in [-0.4, -0.2) is 24.6 Å². The average Bonchev–Trinajstić information content (AvgIpc) is 3.14. The molecule has 0 fully saturated rings. The van der Waals surface area contributed by atoms with Gasteiger partial charge in [0.1, 0.15) is 22.1 Å². The Hall–Kier alpha value is -2.61. The van der Waals surface area contributed by atoms with Gasteiger partial charge in [0.15, 0.2) is 6.10 Å². The number of carbonyl (C=O) groups is 2. The summed E-state index contributed by atoms with van der Waals surface area (Å²) in [5, 5.41) is 5.44. The summed E-state index contributed by atoms with van der Waals surface area (Å²) in [6, 6.07) is 10.4. The van der Waals surface area contributed by atoms with E-state index in [0.29, 0.717) is 26.9 Å². The molecule has 3 aromatic rings. The van der Waals surface area contributed by atoms with Crippen LogP contribution in [0.25, 0.3) is 11.1 Å². The van der Waals surface area contributed by atoms with Gasteiger partial charge < -0.3 is 14.8 Å². The summed E-state index contributed by atoms with van der Waals surface area (Å²) in [5.41, 5.74) is 1.36. The Balaban J connectivity index is 1.85. The maximum Gasteiger partial charge on any atom is 0.341 e. The zero-order valence-electron chi connectivity index (χ0n) is 16.6. The topological polar surface area (TPSA) is 64.6 Å². The minimum Gasteiger partial charge on any atom is -0.479 e. The van der Waals surface area contributed by atoms with Crippen LogP contribution in [0.1, 0.15) is 24.2 Å². The molecule has 5 nitrogen and oxygen atoms in total. The number of nitrogens with one attached hydrogen (secondary N) is 1. The highest BCUT2D eigenvalue weighted by molar-refractivity contribution is 7.15. The molecule has 0 saturated heterocycles. The Bertz CT molecular complexity index is 1100. The van der Waals surface area contributed by atoms with Crippen molar-refractivity contribution in [3.63, 3.8) is 0 Å². The fraction of sp³-hybridized carbons (Fsp3) is 0.182. The molecule has 0 radical (unpaired) electrons. The van der Waals surface area contributed by atoms with E-state index in [4.69, 9.17) is 32.7 Å². The van der Waals surface area contributed by atoms with E-state index in [9.17, 15) is 14.0 Å². The molecule has 3 rings (SSSR count). The minimum atomic E-state index is -0.912. The van der Waals surface area contributed by atoms with Crippen LogP contribution in [0.15, 0.2) is 47.8 Å². The van der Waals surface area contributed by atoms with Gasteiger partial charge >= 0.3 is 5.97 Å². The van der Waals surface area contributed by atoms with Crippen LogP contribution in [0.4, 0.5) is 9.39 Å². The molecule has 0 bridgehead atoms. The third-order valence-electron chi connectivity index (χ3n) is 4.23. The fourth-order valence-electron chi connectivity index (χ4n) is 2.73. The van der Waals surface area contributed by atoms with E-state index in [0.717, 1.165) is 11.3 Å². The third-order valence-corrected chi connectivity index (χ3v) is 5.66. The van der Waals surface area contributed by atoms with Crippen LogP contribution in [-0.2, 0) is 9.53 Å². The van der Waals surface area contributed by atoms with E-state index in [-0.39, 0.29) is 17.2 Å². The molecule has 0 aliphatic rings. The van der Waals surface area contributed by atoms with Gasteiger partial charge in [-0.25, -0.2) is 9.18 Å². The Morgan fingerprint density at radius 2 is 1.87 bits per heavy atom. The lowest BCUT2D eigenvalue weighted by molar-refractivity contribution is -0.122. The van der Waals surface area contributed by atoms with E-state index in [1.807, 2.05) is 0 Å². The van der Waals surface area contributed by atoms with Gasteiger partial charge in [-0.05, 0) is 49.7 Å². The molecular weight excluding hydrogens is 464 g/mol. The van der Waals surface area contributed by atoms with Gasteiger partial charge in [0.05, 0.1) is 11.6 Å². The fourth-order valence-corrected chi connectivity index (χ4v) is 4.14. The number of esters is 1. The number of hydrogen-bond acceptors (Lipinski definition) is 5. The second-order valence-electron chi connectivity index (χ2n) is 6.40. The maximum absolute atomic E-state index is 13.3. The number of amides is 1. The number of hydrogen-bond donors (Lipinski definition) is 1. The Kier molecular flexibility index (Phi) is 7.54. The first-order chi connectivity index (χ1) is 14.8. The molecule has 1 amide bonds. The maximum atomic E-state index is 13.3. The van der Waals surface area contributed by atoms with Crippen LogP contribution < -0.4 is 10.1 Å². The summed E-state index contributed by atoms with van der Waals surface area (Å²) < 4.78 is 24.1. The molecule has 1 aromatic heterocycles. The standard InChI is InChI=1S/C22H18Cl2FNO4S/c1-3-29-22(28)19-16(13-4-7-15(25)8-5-13)11-31-21(19)26-20(27)12(2)30-18-9-6-14(23)10-17(18)24/h4-12H,3H2,1-2H3,(H,26,27). The summed E-state index contributed by atoms with van der Waals surface area (Å²) in [6.45, 7) is 3.41. The first-order valence-electron chi connectivity index (χ1n) is 9.27. The zero-order valence-corrected chi connectivity index (χ0v) is 18.9. The lowest BCUT2D eigenvalue weighted by atomic mass is 10.0. The largest absolute Gasteiger partial charge is 0.479 e. The Morgan fingerprint density at radius 3 is 2.52 bits per heavy atom. The lowest BCUT2D eigenvalue weighted by Gasteiger charge is -2.16.